The van der Waals surface area contributed by atoms with E-state index in [1.807, 2.05) is 30.3 Å². The summed E-state index contributed by atoms with van der Waals surface area (Å²) >= 11 is 0. The first-order valence-electron chi connectivity index (χ1n) is 10.3. The van der Waals surface area contributed by atoms with Gasteiger partial charge < -0.3 is 15.2 Å². The SMILES string of the molecule is Cc1nn(-c2ccccc2)c2nc(C3CN(C(=O)NCc4ccc(F)cc4)C3)[nH]c(=O)c12. The number of aromatic nitrogens is 4. The number of para-hydroxylation sites is 1. The Morgan fingerprint density at radius 3 is 2.59 bits per heavy atom. The van der Waals surface area contributed by atoms with Gasteiger partial charge in [0.05, 0.1) is 17.3 Å². The average molecular weight is 432 g/mol. The highest BCUT2D eigenvalue weighted by Gasteiger charge is 2.34. The van der Waals surface area contributed by atoms with Gasteiger partial charge in [0.25, 0.3) is 5.56 Å². The molecule has 0 atom stereocenters. The number of rotatable bonds is 4. The van der Waals surface area contributed by atoms with Crippen LogP contribution in [0.1, 0.15) is 23.0 Å². The third-order valence-electron chi connectivity index (χ3n) is 5.64. The molecular weight excluding hydrogens is 411 g/mol. The van der Waals surface area contributed by atoms with Crippen molar-refractivity contribution in [2.75, 3.05) is 13.1 Å². The van der Waals surface area contributed by atoms with Gasteiger partial charge >= 0.3 is 6.03 Å². The smallest absolute Gasteiger partial charge is 0.317 e. The van der Waals surface area contributed by atoms with Crippen molar-refractivity contribution in [1.29, 1.82) is 0 Å². The maximum atomic E-state index is 13.0. The zero-order chi connectivity index (χ0) is 22.2. The van der Waals surface area contributed by atoms with Crippen LogP contribution in [0.3, 0.4) is 0 Å². The minimum atomic E-state index is -0.312. The van der Waals surface area contributed by atoms with Crippen molar-refractivity contribution in [3.8, 4) is 5.69 Å². The molecule has 0 spiro atoms. The van der Waals surface area contributed by atoms with Crippen LogP contribution in [0.25, 0.3) is 16.7 Å². The minimum Gasteiger partial charge on any atom is -0.334 e. The molecule has 0 radical (unpaired) electrons. The van der Waals surface area contributed by atoms with E-state index in [2.05, 4.69) is 15.4 Å². The number of amides is 2. The fourth-order valence-corrected chi connectivity index (χ4v) is 3.86. The minimum absolute atomic E-state index is 0.0666. The van der Waals surface area contributed by atoms with Crippen LogP contribution in [0.2, 0.25) is 0 Å². The number of aryl methyl sites for hydroxylation is 1. The highest BCUT2D eigenvalue weighted by molar-refractivity contribution is 5.79. The Labute approximate surface area is 182 Å². The Hall–Kier alpha value is -4.01. The van der Waals surface area contributed by atoms with Gasteiger partial charge in [-0.05, 0) is 36.8 Å². The van der Waals surface area contributed by atoms with E-state index in [0.717, 1.165) is 11.3 Å². The Morgan fingerprint density at radius 2 is 1.88 bits per heavy atom. The Morgan fingerprint density at radius 1 is 1.16 bits per heavy atom. The maximum Gasteiger partial charge on any atom is 0.317 e. The van der Waals surface area contributed by atoms with E-state index in [4.69, 9.17) is 4.98 Å². The number of benzene rings is 2. The molecular formula is C23H21FN6O2. The number of likely N-dealkylation sites (tertiary alicyclic amines) is 1. The highest BCUT2D eigenvalue weighted by atomic mass is 19.1. The molecule has 32 heavy (non-hydrogen) atoms. The summed E-state index contributed by atoms with van der Waals surface area (Å²) in [6, 6.07) is 15.3. The number of carbonyl (C=O) groups is 1. The summed E-state index contributed by atoms with van der Waals surface area (Å²) in [6.45, 7) is 3.00. The lowest BCUT2D eigenvalue weighted by Gasteiger charge is -2.38. The molecule has 3 heterocycles. The molecule has 0 bridgehead atoms. The molecule has 8 nitrogen and oxygen atoms in total. The van der Waals surface area contributed by atoms with E-state index in [-0.39, 0.29) is 23.3 Å². The van der Waals surface area contributed by atoms with Crippen LogP contribution in [0.5, 0.6) is 0 Å². The molecule has 9 heteroatoms. The number of urea groups is 1. The normalized spacial score (nSPS) is 13.9. The zero-order valence-electron chi connectivity index (χ0n) is 17.4. The lowest BCUT2D eigenvalue weighted by molar-refractivity contribution is 0.148. The van der Waals surface area contributed by atoms with Crippen LogP contribution in [0, 0.1) is 12.7 Å². The van der Waals surface area contributed by atoms with Crippen LogP contribution in [0.4, 0.5) is 9.18 Å². The van der Waals surface area contributed by atoms with Crippen molar-refractivity contribution < 1.29 is 9.18 Å². The van der Waals surface area contributed by atoms with E-state index in [9.17, 15) is 14.0 Å². The summed E-state index contributed by atoms with van der Waals surface area (Å²) < 4.78 is 14.7. The number of H-pyrrole nitrogens is 1. The first-order valence-corrected chi connectivity index (χ1v) is 10.3. The summed E-state index contributed by atoms with van der Waals surface area (Å²) in [4.78, 5) is 34.4. The molecule has 0 saturated carbocycles. The van der Waals surface area contributed by atoms with E-state index in [1.165, 1.54) is 12.1 Å². The van der Waals surface area contributed by atoms with Crippen LogP contribution >= 0.6 is 0 Å². The lowest BCUT2D eigenvalue weighted by atomic mass is 9.99. The van der Waals surface area contributed by atoms with Gasteiger partial charge in [-0.25, -0.2) is 18.9 Å². The van der Waals surface area contributed by atoms with E-state index in [0.29, 0.717) is 42.2 Å². The Kier molecular flexibility index (Phi) is 4.93. The van der Waals surface area contributed by atoms with Crippen molar-refractivity contribution in [2.45, 2.75) is 19.4 Å². The summed E-state index contributed by atoms with van der Waals surface area (Å²) in [5.74, 6) is 0.165. The standard InChI is InChI=1S/C23H21FN6O2/c1-14-19-21(30(28-14)18-5-3-2-4-6-18)26-20(27-22(19)31)16-12-29(13-16)23(32)25-11-15-7-9-17(24)10-8-15/h2-10,16H,11-13H2,1H3,(H,25,32)(H,26,27,31). The number of hydrogen-bond donors (Lipinski definition) is 2. The van der Waals surface area contributed by atoms with Crippen LogP contribution < -0.4 is 10.9 Å². The van der Waals surface area contributed by atoms with E-state index < -0.39 is 0 Å². The van der Waals surface area contributed by atoms with Gasteiger partial charge in [-0.15, -0.1) is 0 Å². The number of aromatic amines is 1. The van der Waals surface area contributed by atoms with Gasteiger partial charge in [0.15, 0.2) is 5.65 Å². The van der Waals surface area contributed by atoms with E-state index >= 15 is 0 Å². The summed E-state index contributed by atoms with van der Waals surface area (Å²) in [5, 5.41) is 7.79. The second-order valence-corrected chi connectivity index (χ2v) is 7.87. The van der Waals surface area contributed by atoms with Gasteiger partial charge in [0, 0.05) is 19.6 Å². The molecule has 2 aromatic heterocycles. The Balaban J connectivity index is 1.31. The van der Waals surface area contributed by atoms with Crippen LogP contribution in [-0.2, 0) is 6.54 Å². The van der Waals surface area contributed by atoms with Gasteiger partial charge in [0.2, 0.25) is 0 Å². The van der Waals surface area contributed by atoms with E-state index in [1.54, 1.807) is 28.6 Å². The quantitative estimate of drug-likeness (QED) is 0.518. The lowest BCUT2D eigenvalue weighted by Crippen LogP contribution is -2.53. The van der Waals surface area contributed by atoms with Crippen LogP contribution in [0.15, 0.2) is 59.4 Å². The second-order valence-electron chi connectivity index (χ2n) is 7.87. The molecule has 162 valence electrons. The Bertz CT molecular complexity index is 1340. The number of fused-ring (bicyclic) bond motifs is 1. The number of carbonyl (C=O) groups excluding carboxylic acids is 1. The summed E-state index contributed by atoms with van der Waals surface area (Å²) in [6.07, 6.45) is 0. The molecule has 5 rings (SSSR count). The zero-order valence-corrected chi connectivity index (χ0v) is 17.4. The fraction of sp³-hybridized carbons (Fsp3) is 0.217. The van der Waals surface area contributed by atoms with Crippen molar-refractivity contribution in [3.63, 3.8) is 0 Å². The number of nitrogens with zero attached hydrogens (tertiary/aromatic N) is 4. The molecule has 2 N–H and O–H groups in total. The molecule has 4 aromatic rings. The summed E-state index contributed by atoms with van der Waals surface area (Å²) in [5.41, 5.74) is 2.53. The second kappa shape index (κ2) is 7.92. The summed E-state index contributed by atoms with van der Waals surface area (Å²) in [7, 11) is 0. The molecule has 0 unspecified atom stereocenters. The largest absolute Gasteiger partial charge is 0.334 e. The first-order chi connectivity index (χ1) is 15.5. The fourth-order valence-electron chi connectivity index (χ4n) is 3.86. The van der Waals surface area contributed by atoms with Crippen molar-refractivity contribution in [2.24, 2.45) is 0 Å². The highest BCUT2D eigenvalue weighted by Crippen LogP contribution is 2.26. The van der Waals surface area contributed by atoms with Gasteiger partial charge in [-0.3, -0.25) is 4.79 Å². The number of nitrogens with one attached hydrogen (secondary N) is 2. The number of hydrogen-bond acceptors (Lipinski definition) is 4. The molecule has 1 saturated heterocycles. The predicted molar refractivity (Wildman–Crippen MR) is 117 cm³/mol. The van der Waals surface area contributed by atoms with Gasteiger partial charge in [-0.1, -0.05) is 30.3 Å². The molecule has 1 aliphatic heterocycles. The predicted octanol–water partition coefficient (Wildman–Crippen LogP) is 2.87. The average Bonchev–Trinajstić information content (AvgIpc) is 3.10. The first kappa shape index (κ1) is 19.9. The van der Waals surface area contributed by atoms with Gasteiger partial charge in [0.1, 0.15) is 17.0 Å². The third-order valence-corrected chi connectivity index (χ3v) is 5.64. The topological polar surface area (TPSA) is 95.9 Å². The van der Waals surface area contributed by atoms with Gasteiger partial charge in [-0.2, -0.15) is 5.10 Å². The molecule has 2 aromatic carbocycles. The van der Waals surface area contributed by atoms with Crippen molar-refractivity contribution >= 4 is 17.1 Å². The number of halogens is 1. The molecule has 1 aliphatic rings. The molecule has 1 fully saturated rings. The monoisotopic (exact) mass is 432 g/mol. The molecule has 0 aliphatic carbocycles. The van der Waals surface area contributed by atoms with Crippen molar-refractivity contribution in [3.05, 3.63) is 87.9 Å². The third kappa shape index (κ3) is 3.62. The maximum absolute atomic E-state index is 13.0. The van der Waals surface area contributed by atoms with Crippen LogP contribution in [-0.4, -0.2) is 43.8 Å². The van der Waals surface area contributed by atoms with Crippen molar-refractivity contribution in [1.82, 2.24) is 30.0 Å². The molecule has 2 amide bonds.